The molecule has 0 aromatic rings. The van der Waals surface area contributed by atoms with E-state index < -0.39 is 0 Å². The maximum Gasteiger partial charge on any atom is 0.0577 e. The Hall–Kier alpha value is -0.560. The second-order valence-electron chi connectivity index (χ2n) is 13.0. The molecule has 3 fully saturated rings. The van der Waals surface area contributed by atoms with Crippen molar-refractivity contribution >= 4 is 0 Å². The number of aliphatic hydroxyl groups excluding tert-OH is 1. The van der Waals surface area contributed by atoms with Crippen LogP contribution in [-0.2, 0) is 0 Å². The Morgan fingerprint density at radius 3 is 2.55 bits per heavy atom. The molecule has 0 heterocycles. The molecule has 4 aliphatic rings. The molecule has 1 N–H and O–H groups in total. The zero-order valence-corrected chi connectivity index (χ0v) is 21.4. The van der Waals surface area contributed by atoms with Gasteiger partial charge in [-0.25, -0.2) is 0 Å². The van der Waals surface area contributed by atoms with Gasteiger partial charge >= 0.3 is 0 Å². The molecule has 0 spiro atoms. The van der Waals surface area contributed by atoms with Crippen molar-refractivity contribution in [3.63, 3.8) is 0 Å². The van der Waals surface area contributed by atoms with Crippen LogP contribution in [0.5, 0.6) is 0 Å². The van der Waals surface area contributed by atoms with Gasteiger partial charge in [-0.1, -0.05) is 65.3 Å². The molecule has 0 unspecified atom stereocenters. The van der Waals surface area contributed by atoms with Crippen LogP contribution >= 0.6 is 0 Å². The summed E-state index contributed by atoms with van der Waals surface area (Å²) < 4.78 is 0. The van der Waals surface area contributed by atoms with E-state index in [0.717, 1.165) is 54.3 Å². The zero-order valence-electron chi connectivity index (χ0n) is 21.4. The third-order valence-electron chi connectivity index (χ3n) is 11.2. The molecule has 9 atom stereocenters. The van der Waals surface area contributed by atoms with Gasteiger partial charge in [0.25, 0.3) is 0 Å². The molecule has 0 aromatic carbocycles. The molecule has 0 saturated heterocycles. The lowest BCUT2D eigenvalue weighted by atomic mass is 9.47. The maximum absolute atomic E-state index is 10.2. The number of hydrogen-bond donors (Lipinski definition) is 1. The lowest BCUT2D eigenvalue weighted by Crippen LogP contribution is -2.50. The van der Waals surface area contributed by atoms with Gasteiger partial charge in [0.2, 0.25) is 0 Å². The van der Waals surface area contributed by atoms with Crippen molar-refractivity contribution in [2.24, 2.45) is 52.3 Å². The topological polar surface area (TPSA) is 20.2 Å². The minimum absolute atomic E-state index is 0.0863. The molecule has 1 heteroatoms. The first-order valence-electron chi connectivity index (χ1n) is 13.7. The standard InChI is InChI=1S/C30H50O/c1-20(2)21(3)9-7-8-10-22(4)26-13-14-27-25-12-11-23-19-24(31)15-17-29(23,5)28(25)16-18-30(26,27)6/h8,10-11,20-22,24-28,31H,7,9,12-19H2,1-6H3/b10-8+/t21-,22+,24-,25-,26-,27-,28-,29-,30+/m0/s1. The molecular formula is C30H50O. The average molecular weight is 427 g/mol. The fraction of sp³-hybridized carbons (Fsp3) is 0.867. The van der Waals surface area contributed by atoms with Gasteiger partial charge in [-0.3, -0.25) is 0 Å². The van der Waals surface area contributed by atoms with E-state index in [-0.39, 0.29) is 6.10 Å². The fourth-order valence-corrected chi connectivity index (χ4v) is 8.68. The Morgan fingerprint density at radius 2 is 1.81 bits per heavy atom. The van der Waals surface area contributed by atoms with Crippen molar-refractivity contribution in [2.45, 2.75) is 112 Å². The van der Waals surface area contributed by atoms with E-state index in [1.165, 1.54) is 51.4 Å². The second-order valence-corrected chi connectivity index (χ2v) is 13.0. The van der Waals surface area contributed by atoms with Crippen molar-refractivity contribution in [1.29, 1.82) is 0 Å². The van der Waals surface area contributed by atoms with Crippen molar-refractivity contribution in [3.05, 3.63) is 23.8 Å². The summed E-state index contributed by atoms with van der Waals surface area (Å²) in [6, 6.07) is 0. The van der Waals surface area contributed by atoms with Gasteiger partial charge in [-0.05, 0) is 116 Å². The Balaban J connectivity index is 1.43. The average Bonchev–Trinajstić information content (AvgIpc) is 3.08. The number of rotatable bonds is 6. The normalized spacial score (nSPS) is 44.5. The minimum Gasteiger partial charge on any atom is -0.393 e. The van der Waals surface area contributed by atoms with Crippen molar-refractivity contribution < 1.29 is 5.11 Å². The van der Waals surface area contributed by atoms with Gasteiger partial charge in [-0.2, -0.15) is 0 Å². The molecule has 0 radical (unpaired) electrons. The van der Waals surface area contributed by atoms with E-state index in [1.54, 1.807) is 5.57 Å². The molecule has 4 rings (SSSR count). The molecule has 1 nitrogen and oxygen atoms in total. The summed E-state index contributed by atoms with van der Waals surface area (Å²) in [5.74, 6) is 5.87. The molecule has 0 aromatic heterocycles. The molecule has 3 saturated carbocycles. The van der Waals surface area contributed by atoms with E-state index in [9.17, 15) is 5.11 Å². The molecule has 0 aliphatic heterocycles. The Bertz CT molecular complexity index is 689. The highest BCUT2D eigenvalue weighted by Crippen LogP contribution is 2.67. The van der Waals surface area contributed by atoms with Crippen LogP contribution in [0.15, 0.2) is 23.8 Å². The van der Waals surface area contributed by atoms with E-state index in [0.29, 0.717) is 10.8 Å². The highest BCUT2D eigenvalue weighted by molar-refractivity contribution is 5.25. The number of aliphatic hydroxyl groups is 1. The van der Waals surface area contributed by atoms with E-state index in [4.69, 9.17) is 0 Å². The first kappa shape index (κ1) is 23.6. The minimum atomic E-state index is -0.0863. The van der Waals surface area contributed by atoms with E-state index in [2.05, 4.69) is 59.8 Å². The Morgan fingerprint density at radius 1 is 1.03 bits per heavy atom. The predicted octanol–water partition coefficient (Wildman–Crippen LogP) is 8.19. The number of fused-ring (bicyclic) bond motifs is 5. The molecule has 0 amide bonds. The summed E-state index contributed by atoms with van der Waals surface area (Å²) in [7, 11) is 0. The third kappa shape index (κ3) is 4.22. The van der Waals surface area contributed by atoms with Crippen molar-refractivity contribution in [1.82, 2.24) is 0 Å². The summed E-state index contributed by atoms with van der Waals surface area (Å²) in [5.41, 5.74) is 2.52. The smallest absolute Gasteiger partial charge is 0.0577 e. The molecule has 31 heavy (non-hydrogen) atoms. The van der Waals surface area contributed by atoms with Gasteiger partial charge in [-0.15, -0.1) is 0 Å². The zero-order chi connectivity index (χ0) is 22.4. The predicted molar refractivity (Wildman–Crippen MR) is 133 cm³/mol. The highest BCUT2D eigenvalue weighted by atomic mass is 16.3. The fourth-order valence-electron chi connectivity index (χ4n) is 8.68. The SMILES string of the molecule is CC(C)[C@@H](C)CC/C=C/[C@@H](C)[C@@H]1CC[C@H]2[C@@H]3CC=C4C[C@@H](O)CC[C@]4(C)[C@H]3CC[C@@]21C. The molecule has 4 aliphatic carbocycles. The number of hydrogen-bond acceptors (Lipinski definition) is 1. The lowest BCUT2D eigenvalue weighted by Gasteiger charge is -2.58. The van der Waals surface area contributed by atoms with Crippen LogP contribution < -0.4 is 0 Å². The summed E-state index contributed by atoms with van der Waals surface area (Å²) >= 11 is 0. The van der Waals surface area contributed by atoms with Crippen LogP contribution in [0.1, 0.15) is 106 Å². The first-order valence-corrected chi connectivity index (χ1v) is 13.7. The quantitative estimate of drug-likeness (QED) is 0.424. The summed E-state index contributed by atoms with van der Waals surface area (Å²) in [6.45, 7) is 14.8. The second kappa shape index (κ2) is 9.00. The highest BCUT2D eigenvalue weighted by Gasteiger charge is 2.58. The van der Waals surface area contributed by atoms with E-state index in [1.807, 2.05) is 0 Å². The summed E-state index contributed by atoms with van der Waals surface area (Å²) in [5, 5.41) is 10.2. The maximum atomic E-state index is 10.2. The van der Waals surface area contributed by atoms with Gasteiger partial charge < -0.3 is 5.11 Å². The van der Waals surface area contributed by atoms with Crippen molar-refractivity contribution in [3.8, 4) is 0 Å². The van der Waals surface area contributed by atoms with Crippen LogP contribution in [0, 0.1) is 52.3 Å². The van der Waals surface area contributed by atoms with Crippen LogP contribution in [-0.4, -0.2) is 11.2 Å². The monoisotopic (exact) mass is 426 g/mol. The van der Waals surface area contributed by atoms with Gasteiger partial charge in [0.05, 0.1) is 6.10 Å². The van der Waals surface area contributed by atoms with Gasteiger partial charge in [0, 0.05) is 0 Å². The van der Waals surface area contributed by atoms with Crippen LogP contribution in [0.25, 0.3) is 0 Å². The van der Waals surface area contributed by atoms with Gasteiger partial charge in [0.15, 0.2) is 0 Å². The molecule has 0 bridgehead atoms. The van der Waals surface area contributed by atoms with Gasteiger partial charge in [0.1, 0.15) is 0 Å². The van der Waals surface area contributed by atoms with Crippen LogP contribution in [0.3, 0.4) is 0 Å². The third-order valence-corrected chi connectivity index (χ3v) is 11.2. The van der Waals surface area contributed by atoms with E-state index >= 15 is 0 Å². The molecular weight excluding hydrogens is 376 g/mol. The first-order chi connectivity index (χ1) is 14.7. The number of allylic oxidation sites excluding steroid dienone is 3. The summed E-state index contributed by atoms with van der Waals surface area (Å²) in [4.78, 5) is 0. The largest absolute Gasteiger partial charge is 0.393 e. The van der Waals surface area contributed by atoms with Crippen molar-refractivity contribution in [2.75, 3.05) is 0 Å². The Kier molecular flexibility index (Phi) is 6.85. The molecule has 176 valence electrons. The Labute approximate surface area is 193 Å². The van der Waals surface area contributed by atoms with Crippen LogP contribution in [0.4, 0.5) is 0 Å². The van der Waals surface area contributed by atoms with Crippen LogP contribution in [0.2, 0.25) is 0 Å². The summed E-state index contributed by atoms with van der Waals surface area (Å²) in [6.07, 6.45) is 20.4. The lowest BCUT2D eigenvalue weighted by molar-refractivity contribution is -0.0540.